The number of benzene rings is 1. The van der Waals surface area contributed by atoms with Gasteiger partial charge in [0.25, 0.3) is 0 Å². The van der Waals surface area contributed by atoms with Gasteiger partial charge in [-0.05, 0) is 24.0 Å². The van der Waals surface area contributed by atoms with Crippen molar-refractivity contribution < 1.29 is 13.5 Å². The van der Waals surface area contributed by atoms with Crippen LogP contribution in [0.25, 0.3) is 0 Å². The molecule has 0 amide bonds. The third-order valence-electron chi connectivity index (χ3n) is 3.44. The molecule has 1 heterocycles. The fraction of sp³-hybridized carbons (Fsp3) is 0.538. The first-order valence-corrected chi connectivity index (χ1v) is 7.96. The topological polar surface area (TPSA) is 80.4 Å². The monoisotopic (exact) mass is 269 g/mol. The highest BCUT2D eigenvalue weighted by Gasteiger charge is 2.37. The van der Waals surface area contributed by atoms with Gasteiger partial charge in [-0.1, -0.05) is 24.3 Å². The smallest absolute Gasteiger partial charge is 0.153 e. The van der Waals surface area contributed by atoms with Gasteiger partial charge in [0.15, 0.2) is 9.84 Å². The molecule has 0 saturated carbocycles. The Labute approximate surface area is 108 Å². The lowest BCUT2D eigenvalue weighted by molar-refractivity contribution is 0.0501. The van der Waals surface area contributed by atoms with Crippen molar-refractivity contribution in [2.45, 2.75) is 31.4 Å². The Morgan fingerprint density at radius 1 is 1.28 bits per heavy atom. The van der Waals surface area contributed by atoms with Crippen LogP contribution >= 0.6 is 0 Å². The summed E-state index contributed by atoms with van der Waals surface area (Å²) < 4.78 is 23.3. The summed E-state index contributed by atoms with van der Waals surface area (Å²) >= 11 is 0. The van der Waals surface area contributed by atoms with E-state index in [4.69, 9.17) is 5.73 Å². The van der Waals surface area contributed by atoms with E-state index in [1.54, 1.807) is 0 Å². The first-order chi connectivity index (χ1) is 8.44. The molecule has 0 radical (unpaired) electrons. The molecule has 18 heavy (non-hydrogen) atoms. The van der Waals surface area contributed by atoms with E-state index in [9.17, 15) is 13.5 Å². The fourth-order valence-electron chi connectivity index (χ4n) is 2.60. The molecule has 1 aliphatic rings. The Hall–Kier alpha value is -0.910. The van der Waals surface area contributed by atoms with E-state index in [1.807, 2.05) is 24.3 Å². The quantitative estimate of drug-likeness (QED) is 0.843. The maximum absolute atomic E-state index is 11.6. The maximum atomic E-state index is 11.6. The second kappa shape index (κ2) is 4.99. The standard InChI is InChI=1S/C13H19NO3S/c14-9-12-5-2-1-4-11(12)8-13(15)6-3-7-18(16,17)10-13/h1-2,4-5,15H,3,6-10,14H2. The van der Waals surface area contributed by atoms with Gasteiger partial charge in [-0.15, -0.1) is 0 Å². The largest absolute Gasteiger partial charge is 0.388 e. The van der Waals surface area contributed by atoms with Crippen molar-refractivity contribution in [3.8, 4) is 0 Å². The summed E-state index contributed by atoms with van der Waals surface area (Å²) in [7, 11) is -3.11. The molecule has 1 aromatic carbocycles. The van der Waals surface area contributed by atoms with Gasteiger partial charge in [0, 0.05) is 13.0 Å². The van der Waals surface area contributed by atoms with Gasteiger partial charge < -0.3 is 10.8 Å². The van der Waals surface area contributed by atoms with E-state index in [0.717, 1.165) is 11.1 Å². The van der Waals surface area contributed by atoms with Gasteiger partial charge in [-0.25, -0.2) is 8.42 Å². The Balaban J connectivity index is 2.22. The maximum Gasteiger partial charge on any atom is 0.153 e. The average Bonchev–Trinajstić information content (AvgIpc) is 2.27. The summed E-state index contributed by atoms with van der Waals surface area (Å²) in [6.45, 7) is 0.402. The molecule has 0 spiro atoms. The van der Waals surface area contributed by atoms with Gasteiger partial charge in [-0.2, -0.15) is 0 Å². The van der Waals surface area contributed by atoms with E-state index < -0.39 is 15.4 Å². The third kappa shape index (κ3) is 3.10. The molecule has 1 aliphatic heterocycles. The van der Waals surface area contributed by atoms with E-state index in [0.29, 0.717) is 25.8 Å². The van der Waals surface area contributed by atoms with Crippen molar-refractivity contribution in [1.29, 1.82) is 0 Å². The molecule has 0 aliphatic carbocycles. The van der Waals surface area contributed by atoms with Crippen molar-refractivity contribution in [2.24, 2.45) is 5.73 Å². The van der Waals surface area contributed by atoms with Crippen LogP contribution in [0.1, 0.15) is 24.0 Å². The molecular weight excluding hydrogens is 250 g/mol. The zero-order valence-corrected chi connectivity index (χ0v) is 11.1. The number of hydrogen-bond acceptors (Lipinski definition) is 4. The van der Waals surface area contributed by atoms with Gasteiger partial charge in [0.1, 0.15) is 0 Å². The van der Waals surface area contributed by atoms with Gasteiger partial charge >= 0.3 is 0 Å². The Kier molecular flexibility index (Phi) is 3.75. The van der Waals surface area contributed by atoms with Crippen molar-refractivity contribution in [3.63, 3.8) is 0 Å². The molecule has 3 N–H and O–H groups in total. The fourth-order valence-corrected chi connectivity index (χ4v) is 4.39. The van der Waals surface area contributed by atoms with Crippen LogP contribution in [0, 0.1) is 0 Å². The molecule has 1 aromatic rings. The SMILES string of the molecule is NCc1ccccc1CC1(O)CCCS(=O)(=O)C1. The molecule has 5 heteroatoms. The molecule has 2 rings (SSSR count). The molecule has 4 nitrogen and oxygen atoms in total. The van der Waals surface area contributed by atoms with E-state index in [-0.39, 0.29) is 11.5 Å². The van der Waals surface area contributed by atoms with Gasteiger partial charge in [0.2, 0.25) is 0 Å². The molecular formula is C13H19NO3S. The Morgan fingerprint density at radius 2 is 1.94 bits per heavy atom. The summed E-state index contributed by atoms with van der Waals surface area (Å²) in [6.07, 6.45) is 1.42. The summed E-state index contributed by atoms with van der Waals surface area (Å²) in [6, 6.07) is 7.60. The van der Waals surface area contributed by atoms with Crippen molar-refractivity contribution in [2.75, 3.05) is 11.5 Å². The minimum absolute atomic E-state index is 0.140. The van der Waals surface area contributed by atoms with Crippen LogP contribution in [0.15, 0.2) is 24.3 Å². The van der Waals surface area contributed by atoms with Crippen LogP contribution in [0.5, 0.6) is 0 Å². The zero-order chi connectivity index (χ0) is 13.2. The summed E-state index contributed by atoms with van der Waals surface area (Å²) in [4.78, 5) is 0. The molecule has 100 valence electrons. The highest BCUT2D eigenvalue weighted by Crippen LogP contribution is 2.27. The zero-order valence-electron chi connectivity index (χ0n) is 10.3. The van der Waals surface area contributed by atoms with E-state index in [2.05, 4.69) is 0 Å². The molecule has 1 fully saturated rings. The second-order valence-electron chi connectivity index (χ2n) is 5.07. The number of nitrogens with two attached hydrogens (primary N) is 1. The average molecular weight is 269 g/mol. The first-order valence-electron chi connectivity index (χ1n) is 6.14. The van der Waals surface area contributed by atoms with Crippen LogP contribution in [-0.2, 0) is 22.8 Å². The summed E-state index contributed by atoms with van der Waals surface area (Å²) in [5.41, 5.74) is 6.43. The molecule has 0 bridgehead atoms. The highest BCUT2D eigenvalue weighted by molar-refractivity contribution is 7.91. The highest BCUT2D eigenvalue weighted by atomic mass is 32.2. The van der Waals surface area contributed by atoms with Gasteiger partial charge in [-0.3, -0.25) is 0 Å². The van der Waals surface area contributed by atoms with E-state index >= 15 is 0 Å². The molecule has 1 unspecified atom stereocenters. The summed E-state index contributed by atoms with van der Waals surface area (Å²) in [5, 5.41) is 10.5. The van der Waals surface area contributed by atoms with Crippen LogP contribution in [-0.4, -0.2) is 30.6 Å². The van der Waals surface area contributed by atoms with Crippen LogP contribution < -0.4 is 5.73 Å². The second-order valence-corrected chi connectivity index (χ2v) is 7.25. The minimum atomic E-state index is -3.11. The Bertz CT molecular complexity index is 527. The van der Waals surface area contributed by atoms with Crippen molar-refractivity contribution in [1.82, 2.24) is 0 Å². The predicted molar refractivity (Wildman–Crippen MR) is 70.9 cm³/mol. The normalized spacial score (nSPS) is 27.0. The van der Waals surface area contributed by atoms with Crippen LogP contribution in [0.3, 0.4) is 0 Å². The molecule has 1 saturated heterocycles. The first kappa shape index (κ1) is 13.5. The van der Waals surface area contributed by atoms with Crippen molar-refractivity contribution >= 4 is 9.84 Å². The lowest BCUT2D eigenvalue weighted by Gasteiger charge is -2.32. The third-order valence-corrected chi connectivity index (χ3v) is 5.33. The van der Waals surface area contributed by atoms with E-state index in [1.165, 1.54) is 0 Å². The predicted octanol–water partition coefficient (Wildman–Crippen LogP) is 0.627. The number of rotatable bonds is 3. The molecule has 1 atom stereocenters. The molecule has 0 aromatic heterocycles. The number of aliphatic hydroxyl groups is 1. The number of sulfone groups is 1. The minimum Gasteiger partial charge on any atom is -0.388 e. The lowest BCUT2D eigenvalue weighted by atomic mass is 9.89. The lowest BCUT2D eigenvalue weighted by Crippen LogP contribution is -2.44. The van der Waals surface area contributed by atoms with Crippen molar-refractivity contribution in [3.05, 3.63) is 35.4 Å². The van der Waals surface area contributed by atoms with Gasteiger partial charge in [0.05, 0.1) is 17.1 Å². The van der Waals surface area contributed by atoms with Crippen LogP contribution in [0.4, 0.5) is 0 Å². The Morgan fingerprint density at radius 3 is 2.56 bits per heavy atom. The van der Waals surface area contributed by atoms with Crippen LogP contribution in [0.2, 0.25) is 0 Å². The summed E-state index contributed by atoms with van der Waals surface area (Å²) in [5.74, 6) is 0.0484. The number of hydrogen-bond donors (Lipinski definition) is 2.